The van der Waals surface area contributed by atoms with Crippen molar-refractivity contribution >= 4 is 0 Å². The Bertz CT molecular complexity index is 393. The summed E-state index contributed by atoms with van der Waals surface area (Å²) in [4.78, 5) is 2.20. The summed E-state index contributed by atoms with van der Waals surface area (Å²) in [5, 5.41) is 9.95. The third-order valence-corrected chi connectivity index (χ3v) is 3.29. The van der Waals surface area contributed by atoms with E-state index >= 15 is 0 Å². The first-order chi connectivity index (χ1) is 9.78. The number of aliphatic hydroxyl groups excluding tert-OH is 1. The van der Waals surface area contributed by atoms with E-state index in [0.717, 1.165) is 37.6 Å². The van der Waals surface area contributed by atoms with Crippen molar-refractivity contribution in [1.82, 2.24) is 4.90 Å². The van der Waals surface area contributed by atoms with Gasteiger partial charge in [0.15, 0.2) is 0 Å². The minimum Gasteiger partial charge on any atom is -0.497 e. The minimum absolute atomic E-state index is 0.342. The van der Waals surface area contributed by atoms with E-state index in [2.05, 4.69) is 4.90 Å². The van der Waals surface area contributed by atoms with Crippen molar-refractivity contribution in [3.63, 3.8) is 0 Å². The van der Waals surface area contributed by atoms with Crippen LogP contribution in [0.2, 0.25) is 0 Å². The van der Waals surface area contributed by atoms with E-state index < -0.39 is 6.10 Å². The number of β-amino-alcohol motifs (C(OH)–C–C–N with tert-alkyl or cyclic N) is 1. The summed E-state index contributed by atoms with van der Waals surface area (Å²) < 4.78 is 16.0. The van der Waals surface area contributed by atoms with Crippen LogP contribution in [0.5, 0.6) is 5.75 Å². The summed E-state index contributed by atoms with van der Waals surface area (Å²) >= 11 is 0. The molecule has 1 aromatic carbocycles. The second-order valence-corrected chi connectivity index (χ2v) is 4.93. The van der Waals surface area contributed by atoms with Crippen LogP contribution < -0.4 is 4.74 Å². The molecule has 0 aliphatic carbocycles. The molecule has 20 heavy (non-hydrogen) atoms. The van der Waals surface area contributed by atoms with Crippen molar-refractivity contribution in [1.29, 1.82) is 0 Å². The van der Waals surface area contributed by atoms with Crippen LogP contribution in [0.4, 0.5) is 0 Å². The third kappa shape index (κ3) is 5.09. The number of morpholine rings is 1. The molecule has 5 nitrogen and oxygen atoms in total. The van der Waals surface area contributed by atoms with Gasteiger partial charge < -0.3 is 19.3 Å². The van der Waals surface area contributed by atoms with Gasteiger partial charge in [-0.05, 0) is 17.7 Å². The largest absolute Gasteiger partial charge is 0.497 e. The minimum atomic E-state index is -0.460. The Morgan fingerprint density at radius 2 is 2.15 bits per heavy atom. The van der Waals surface area contributed by atoms with Gasteiger partial charge in [0.1, 0.15) is 5.75 Å². The second kappa shape index (κ2) is 8.21. The molecule has 1 fully saturated rings. The van der Waals surface area contributed by atoms with Crippen LogP contribution in [-0.2, 0) is 16.1 Å². The standard InChI is InChI=1S/C15H23NO4/c1-18-15-4-2-3-13(9-15)11-20-12-14(17)10-16-5-7-19-8-6-16/h2-4,9,14,17H,5-8,10-12H2,1H3/t14-/m1/s1. The summed E-state index contributed by atoms with van der Waals surface area (Å²) in [5.41, 5.74) is 1.04. The van der Waals surface area contributed by atoms with Crippen LogP contribution >= 0.6 is 0 Å². The maximum atomic E-state index is 9.95. The second-order valence-electron chi connectivity index (χ2n) is 4.93. The van der Waals surface area contributed by atoms with Crippen molar-refractivity contribution in [3.8, 4) is 5.75 Å². The van der Waals surface area contributed by atoms with E-state index in [1.807, 2.05) is 24.3 Å². The van der Waals surface area contributed by atoms with Crippen LogP contribution in [0.3, 0.4) is 0 Å². The van der Waals surface area contributed by atoms with Crippen LogP contribution in [0.1, 0.15) is 5.56 Å². The maximum absolute atomic E-state index is 9.95. The van der Waals surface area contributed by atoms with E-state index in [9.17, 15) is 5.11 Å². The summed E-state index contributed by atoms with van der Waals surface area (Å²) in [5.74, 6) is 0.819. The zero-order chi connectivity index (χ0) is 14.2. The lowest BCUT2D eigenvalue weighted by Crippen LogP contribution is -2.42. The molecule has 0 spiro atoms. The van der Waals surface area contributed by atoms with Crippen molar-refractivity contribution in [3.05, 3.63) is 29.8 Å². The first kappa shape index (κ1) is 15.3. The normalized spacial score (nSPS) is 17.9. The van der Waals surface area contributed by atoms with Crippen molar-refractivity contribution in [2.24, 2.45) is 0 Å². The molecule has 5 heteroatoms. The van der Waals surface area contributed by atoms with Gasteiger partial charge in [0.25, 0.3) is 0 Å². The summed E-state index contributed by atoms with van der Waals surface area (Å²) in [7, 11) is 1.64. The highest BCUT2D eigenvalue weighted by Crippen LogP contribution is 2.13. The smallest absolute Gasteiger partial charge is 0.119 e. The predicted octanol–water partition coefficient (Wildman–Crippen LogP) is 0.905. The van der Waals surface area contributed by atoms with Crippen LogP contribution in [0.15, 0.2) is 24.3 Å². The number of hydrogen-bond donors (Lipinski definition) is 1. The molecule has 0 radical (unpaired) electrons. The Hall–Kier alpha value is -1.14. The van der Waals surface area contributed by atoms with Crippen molar-refractivity contribution < 1.29 is 19.3 Å². The highest BCUT2D eigenvalue weighted by molar-refractivity contribution is 5.27. The number of benzene rings is 1. The van der Waals surface area contributed by atoms with Crippen molar-refractivity contribution in [2.75, 3.05) is 46.6 Å². The molecule has 0 unspecified atom stereocenters. The monoisotopic (exact) mass is 281 g/mol. The quantitative estimate of drug-likeness (QED) is 0.805. The lowest BCUT2D eigenvalue weighted by Gasteiger charge is -2.28. The number of nitrogens with zero attached hydrogens (tertiary/aromatic N) is 1. The first-order valence-corrected chi connectivity index (χ1v) is 6.97. The fourth-order valence-corrected chi connectivity index (χ4v) is 2.21. The molecule has 1 aliphatic rings. The van der Waals surface area contributed by atoms with Gasteiger partial charge in [-0.15, -0.1) is 0 Å². The Balaban J connectivity index is 1.66. The number of rotatable bonds is 7. The summed E-state index contributed by atoms with van der Waals surface area (Å²) in [6.07, 6.45) is -0.460. The number of aliphatic hydroxyl groups is 1. The molecule has 1 N–H and O–H groups in total. The predicted molar refractivity (Wildman–Crippen MR) is 75.9 cm³/mol. The molecular formula is C15H23NO4. The third-order valence-electron chi connectivity index (χ3n) is 3.29. The topological polar surface area (TPSA) is 51.2 Å². The van der Waals surface area contributed by atoms with Gasteiger partial charge in [-0.1, -0.05) is 12.1 Å². The van der Waals surface area contributed by atoms with Gasteiger partial charge in [-0.2, -0.15) is 0 Å². The SMILES string of the molecule is COc1cccc(COC[C@H](O)CN2CCOCC2)c1. The Kier molecular flexibility index (Phi) is 6.26. The summed E-state index contributed by atoms with van der Waals surface area (Å²) in [6.45, 7) is 4.72. The molecule has 1 aliphatic heterocycles. The van der Waals surface area contributed by atoms with E-state index in [4.69, 9.17) is 14.2 Å². The Labute approximate surface area is 120 Å². The van der Waals surface area contributed by atoms with Gasteiger partial charge in [0.05, 0.1) is 39.6 Å². The molecule has 1 saturated heterocycles. The fourth-order valence-electron chi connectivity index (χ4n) is 2.21. The molecule has 0 bridgehead atoms. The molecule has 0 aromatic heterocycles. The number of ether oxygens (including phenoxy) is 3. The molecule has 0 saturated carbocycles. The van der Waals surface area contributed by atoms with E-state index in [0.29, 0.717) is 19.8 Å². The van der Waals surface area contributed by atoms with E-state index in [1.54, 1.807) is 7.11 Å². The van der Waals surface area contributed by atoms with Gasteiger partial charge in [-0.3, -0.25) is 4.90 Å². The lowest BCUT2D eigenvalue weighted by atomic mass is 10.2. The van der Waals surface area contributed by atoms with E-state index in [1.165, 1.54) is 0 Å². The van der Waals surface area contributed by atoms with Crippen LogP contribution in [-0.4, -0.2) is 62.7 Å². The average Bonchev–Trinajstić information content (AvgIpc) is 2.48. The van der Waals surface area contributed by atoms with Crippen LogP contribution in [0.25, 0.3) is 0 Å². The number of methoxy groups -OCH3 is 1. The zero-order valence-electron chi connectivity index (χ0n) is 12.0. The maximum Gasteiger partial charge on any atom is 0.119 e. The fraction of sp³-hybridized carbons (Fsp3) is 0.600. The molecule has 2 rings (SSSR count). The van der Waals surface area contributed by atoms with Gasteiger partial charge in [0, 0.05) is 19.6 Å². The summed E-state index contributed by atoms with van der Waals surface area (Å²) in [6, 6.07) is 7.75. The number of hydrogen-bond acceptors (Lipinski definition) is 5. The molecule has 112 valence electrons. The van der Waals surface area contributed by atoms with Gasteiger partial charge in [0.2, 0.25) is 0 Å². The molecular weight excluding hydrogens is 258 g/mol. The highest BCUT2D eigenvalue weighted by atomic mass is 16.5. The Morgan fingerprint density at radius 3 is 2.90 bits per heavy atom. The highest BCUT2D eigenvalue weighted by Gasteiger charge is 2.14. The first-order valence-electron chi connectivity index (χ1n) is 6.97. The molecule has 1 aromatic rings. The van der Waals surface area contributed by atoms with E-state index in [-0.39, 0.29) is 0 Å². The van der Waals surface area contributed by atoms with Crippen LogP contribution in [0, 0.1) is 0 Å². The average molecular weight is 281 g/mol. The Morgan fingerprint density at radius 1 is 1.35 bits per heavy atom. The zero-order valence-corrected chi connectivity index (χ0v) is 12.0. The molecule has 0 amide bonds. The lowest BCUT2D eigenvalue weighted by molar-refractivity contribution is -0.0175. The van der Waals surface area contributed by atoms with Crippen molar-refractivity contribution in [2.45, 2.75) is 12.7 Å². The molecule has 1 atom stereocenters. The van der Waals surface area contributed by atoms with Gasteiger partial charge >= 0.3 is 0 Å². The van der Waals surface area contributed by atoms with Gasteiger partial charge in [-0.25, -0.2) is 0 Å². The molecule has 1 heterocycles.